The van der Waals surface area contributed by atoms with Gasteiger partial charge < -0.3 is 13.6 Å². The number of nitrogens with zero attached hydrogens (tertiary/aromatic N) is 5. The van der Waals surface area contributed by atoms with Crippen LogP contribution in [0.3, 0.4) is 0 Å². The largest absolute Gasteiger partial charge is 0.458 e. The van der Waals surface area contributed by atoms with Gasteiger partial charge in [-0.05, 0) is 12.1 Å². The summed E-state index contributed by atoms with van der Waals surface area (Å²) >= 11 is 1.68. The molecule has 0 aromatic carbocycles. The summed E-state index contributed by atoms with van der Waals surface area (Å²) in [5.74, 6) is 3.57. The van der Waals surface area contributed by atoms with Crippen molar-refractivity contribution < 1.29 is 4.42 Å². The number of aromatic nitrogens is 5. The van der Waals surface area contributed by atoms with Gasteiger partial charge in [-0.25, -0.2) is 4.98 Å². The number of hydrogen-bond donors (Lipinski definition) is 0. The van der Waals surface area contributed by atoms with Crippen LogP contribution in [0.1, 0.15) is 12.7 Å². The summed E-state index contributed by atoms with van der Waals surface area (Å²) in [5.41, 5.74) is 0. The van der Waals surface area contributed by atoms with Crippen LogP contribution in [0.25, 0.3) is 11.6 Å². The lowest BCUT2D eigenvalue weighted by Gasteiger charge is -2.05. The van der Waals surface area contributed by atoms with Crippen molar-refractivity contribution in [3.63, 3.8) is 0 Å². The third-order valence-electron chi connectivity index (χ3n) is 3.18. The standard InChI is InChI=1S/C14H17N5OS/c1-3-11-4-5-12(20-11)13-15-6-7-19(13)8-9-21-14-17-16-10-18(14)2/h4-7,10H,3,8-9H2,1-2H3. The van der Waals surface area contributed by atoms with Crippen LogP contribution in [-0.2, 0) is 20.0 Å². The van der Waals surface area contributed by atoms with Gasteiger partial charge in [0.15, 0.2) is 16.7 Å². The molecule has 3 aromatic rings. The molecule has 0 aliphatic rings. The molecule has 21 heavy (non-hydrogen) atoms. The Labute approximate surface area is 127 Å². The van der Waals surface area contributed by atoms with Gasteiger partial charge in [0.25, 0.3) is 0 Å². The quantitative estimate of drug-likeness (QED) is 0.655. The van der Waals surface area contributed by atoms with E-state index in [-0.39, 0.29) is 0 Å². The molecule has 0 saturated heterocycles. The second kappa shape index (κ2) is 6.17. The topological polar surface area (TPSA) is 61.7 Å². The first kappa shape index (κ1) is 13.9. The molecule has 3 aromatic heterocycles. The van der Waals surface area contributed by atoms with Crippen molar-refractivity contribution in [3.8, 4) is 11.6 Å². The van der Waals surface area contributed by atoms with Gasteiger partial charge in [-0.3, -0.25) is 0 Å². The fraction of sp³-hybridized carbons (Fsp3) is 0.357. The molecule has 0 aliphatic carbocycles. The van der Waals surface area contributed by atoms with Gasteiger partial charge in [0.2, 0.25) is 0 Å². The molecule has 0 N–H and O–H groups in total. The van der Waals surface area contributed by atoms with Crippen LogP contribution in [0.4, 0.5) is 0 Å². The molecule has 0 amide bonds. The van der Waals surface area contributed by atoms with E-state index >= 15 is 0 Å². The second-order valence-electron chi connectivity index (χ2n) is 4.64. The summed E-state index contributed by atoms with van der Waals surface area (Å²) in [5, 5.41) is 8.85. The predicted octanol–water partition coefficient (Wildman–Crippen LogP) is 2.63. The lowest BCUT2D eigenvalue weighted by molar-refractivity contribution is 0.521. The molecule has 6 nitrogen and oxygen atoms in total. The molecule has 0 spiro atoms. The average molecular weight is 303 g/mol. The van der Waals surface area contributed by atoms with E-state index in [9.17, 15) is 0 Å². The van der Waals surface area contributed by atoms with E-state index in [0.717, 1.165) is 41.2 Å². The minimum atomic E-state index is 0.820. The SMILES string of the molecule is CCc1ccc(-c2nccn2CCSc2nncn2C)o1. The number of thioether (sulfide) groups is 1. The molecule has 0 radical (unpaired) electrons. The van der Waals surface area contributed by atoms with Crippen molar-refractivity contribution in [3.05, 3.63) is 36.6 Å². The van der Waals surface area contributed by atoms with E-state index in [2.05, 4.69) is 26.7 Å². The van der Waals surface area contributed by atoms with Gasteiger partial charge in [-0.15, -0.1) is 10.2 Å². The van der Waals surface area contributed by atoms with E-state index in [1.54, 1.807) is 24.3 Å². The highest BCUT2D eigenvalue weighted by Gasteiger charge is 2.10. The highest BCUT2D eigenvalue weighted by molar-refractivity contribution is 7.99. The van der Waals surface area contributed by atoms with Gasteiger partial charge in [0.05, 0.1) is 0 Å². The Hall–Kier alpha value is -2.02. The third-order valence-corrected chi connectivity index (χ3v) is 4.19. The number of hydrogen-bond acceptors (Lipinski definition) is 5. The normalized spacial score (nSPS) is 11.1. The Balaban J connectivity index is 1.67. The molecule has 0 saturated carbocycles. The maximum atomic E-state index is 5.77. The number of imidazole rings is 1. The van der Waals surface area contributed by atoms with Crippen LogP contribution in [0.5, 0.6) is 0 Å². The molecule has 3 rings (SSSR count). The zero-order valence-corrected chi connectivity index (χ0v) is 12.9. The van der Waals surface area contributed by atoms with E-state index in [0.29, 0.717) is 0 Å². The maximum Gasteiger partial charge on any atom is 0.190 e. The lowest BCUT2D eigenvalue weighted by Crippen LogP contribution is -2.02. The van der Waals surface area contributed by atoms with Crippen LogP contribution in [0, 0.1) is 0 Å². The average Bonchev–Trinajstić information content (AvgIpc) is 3.20. The van der Waals surface area contributed by atoms with Crippen molar-refractivity contribution >= 4 is 11.8 Å². The van der Waals surface area contributed by atoms with Crippen LogP contribution in [0.2, 0.25) is 0 Å². The molecule has 110 valence electrons. The fourth-order valence-corrected chi connectivity index (χ4v) is 2.87. The van der Waals surface area contributed by atoms with Gasteiger partial charge in [0, 0.05) is 38.2 Å². The van der Waals surface area contributed by atoms with Crippen molar-refractivity contribution in [1.82, 2.24) is 24.3 Å². The molecule has 0 aliphatic heterocycles. The van der Waals surface area contributed by atoms with E-state index in [1.165, 1.54) is 0 Å². The number of rotatable bonds is 6. The molecule has 0 fully saturated rings. The molecule has 0 atom stereocenters. The van der Waals surface area contributed by atoms with Gasteiger partial charge in [-0.2, -0.15) is 0 Å². The molecular weight excluding hydrogens is 286 g/mol. The Morgan fingerprint density at radius 1 is 1.33 bits per heavy atom. The zero-order valence-electron chi connectivity index (χ0n) is 12.1. The Bertz CT molecular complexity index is 714. The van der Waals surface area contributed by atoms with Crippen molar-refractivity contribution in [2.24, 2.45) is 7.05 Å². The first-order chi connectivity index (χ1) is 10.3. The van der Waals surface area contributed by atoms with Crippen LogP contribution >= 0.6 is 11.8 Å². The predicted molar refractivity (Wildman–Crippen MR) is 81.0 cm³/mol. The summed E-state index contributed by atoms with van der Waals surface area (Å²) in [6.07, 6.45) is 6.37. The maximum absolute atomic E-state index is 5.77. The molecule has 0 unspecified atom stereocenters. The van der Waals surface area contributed by atoms with Crippen LogP contribution in [0.15, 0.2) is 40.4 Å². The highest BCUT2D eigenvalue weighted by Crippen LogP contribution is 2.22. The molecule has 3 heterocycles. The van der Waals surface area contributed by atoms with Crippen LogP contribution in [-0.4, -0.2) is 30.1 Å². The Morgan fingerprint density at radius 3 is 2.95 bits per heavy atom. The van der Waals surface area contributed by atoms with Crippen molar-refractivity contribution in [2.45, 2.75) is 25.0 Å². The Kier molecular flexibility index (Phi) is 4.10. The summed E-state index contributed by atoms with van der Waals surface area (Å²) in [6, 6.07) is 3.98. The lowest BCUT2D eigenvalue weighted by atomic mass is 10.3. The minimum absolute atomic E-state index is 0.820. The second-order valence-corrected chi connectivity index (χ2v) is 5.70. The van der Waals surface area contributed by atoms with Crippen molar-refractivity contribution in [2.75, 3.05) is 5.75 Å². The molecule has 7 heteroatoms. The minimum Gasteiger partial charge on any atom is -0.458 e. The molecular formula is C14H17N5OS. The first-order valence-electron chi connectivity index (χ1n) is 6.85. The van der Waals surface area contributed by atoms with Gasteiger partial charge in [-0.1, -0.05) is 18.7 Å². The third kappa shape index (κ3) is 3.02. The number of aryl methyl sites for hydroxylation is 3. The van der Waals surface area contributed by atoms with Crippen LogP contribution < -0.4 is 0 Å². The summed E-state index contributed by atoms with van der Waals surface area (Å²) in [4.78, 5) is 4.39. The smallest absolute Gasteiger partial charge is 0.190 e. The zero-order chi connectivity index (χ0) is 14.7. The van der Waals surface area contributed by atoms with Gasteiger partial charge in [0.1, 0.15) is 12.1 Å². The summed E-state index contributed by atoms with van der Waals surface area (Å²) in [6.45, 7) is 2.92. The molecule has 0 bridgehead atoms. The van der Waals surface area contributed by atoms with Crippen molar-refractivity contribution in [1.29, 1.82) is 0 Å². The van der Waals surface area contributed by atoms with Gasteiger partial charge >= 0.3 is 0 Å². The number of furan rings is 1. The fourth-order valence-electron chi connectivity index (χ4n) is 2.04. The first-order valence-corrected chi connectivity index (χ1v) is 7.83. The summed E-state index contributed by atoms with van der Waals surface area (Å²) < 4.78 is 9.79. The van der Waals surface area contributed by atoms with E-state index < -0.39 is 0 Å². The monoisotopic (exact) mass is 303 g/mol. The highest BCUT2D eigenvalue weighted by atomic mass is 32.2. The summed E-state index contributed by atoms with van der Waals surface area (Å²) in [7, 11) is 1.94. The van der Waals surface area contributed by atoms with E-state index in [4.69, 9.17) is 4.42 Å². The van der Waals surface area contributed by atoms with E-state index in [1.807, 2.05) is 29.9 Å². The Morgan fingerprint density at radius 2 is 2.24 bits per heavy atom.